The summed E-state index contributed by atoms with van der Waals surface area (Å²) in [6.45, 7) is 2.26. The molecule has 1 saturated carbocycles. The topological polar surface area (TPSA) is 25.8 Å². The molecule has 2 unspecified atom stereocenters. The number of nitrogens with zero attached hydrogens (tertiary/aromatic N) is 2. The third-order valence-electron chi connectivity index (χ3n) is 6.59. The van der Waals surface area contributed by atoms with E-state index in [0.29, 0.717) is 5.92 Å². The van der Waals surface area contributed by atoms with E-state index in [1.54, 1.807) is 5.56 Å². The van der Waals surface area contributed by atoms with Crippen LogP contribution in [0.4, 0.5) is 0 Å². The van der Waals surface area contributed by atoms with Crippen LogP contribution in [0.3, 0.4) is 0 Å². The summed E-state index contributed by atoms with van der Waals surface area (Å²) in [4.78, 5) is 10.5. The van der Waals surface area contributed by atoms with E-state index in [-0.39, 0.29) is 0 Å². The highest BCUT2D eigenvalue weighted by atomic mass is 14.8. The highest BCUT2D eigenvalue weighted by Gasteiger charge is 2.39. The fourth-order valence-electron chi connectivity index (χ4n) is 5.43. The van der Waals surface area contributed by atoms with E-state index in [0.717, 1.165) is 39.5 Å². The van der Waals surface area contributed by atoms with Crippen molar-refractivity contribution in [1.82, 2.24) is 9.97 Å². The van der Waals surface area contributed by atoms with Crippen LogP contribution in [0.25, 0.3) is 33.5 Å². The van der Waals surface area contributed by atoms with Crippen molar-refractivity contribution in [2.45, 2.75) is 38.0 Å². The van der Waals surface area contributed by atoms with Crippen molar-refractivity contribution < 1.29 is 0 Å². The van der Waals surface area contributed by atoms with E-state index in [9.17, 15) is 0 Å². The summed E-state index contributed by atoms with van der Waals surface area (Å²) in [6, 6.07) is 23.2. The summed E-state index contributed by atoms with van der Waals surface area (Å²) in [7, 11) is 0. The van der Waals surface area contributed by atoms with Crippen molar-refractivity contribution in [3.8, 4) is 22.5 Å². The van der Waals surface area contributed by atoms with E-state index >= 15 is 0 Å². The lowest BCUT2D eigenvalue weighted by Gasteiger charge is -2.20. The van der Waals surface area contributed by atoms with Gasteiger partial charge >= 0.3 is 0 Å². The highest BCUT2D eigenvalue weighted by Crippen LogP contribution is 2.56. The Bertz CT molecular complexity index is 1200. The van der Waals surface area contributed by atoms with Crippen LogP contribution < -0.4 is 0 Å². The molecule has 2 nitrogen and oxygen atoms in total. The van der Waals surface area contributed by atoms with Crippen molar-refractivity contribution in [3.63, 3.8) is 0 Å². The van der Waals surface area contributed by atoms with Gasteiger partial charge in [0.15, 0.2) is 0 Å². The van der Waals surface area contributed by atoms with Gasteiger partial charge in [-0.15, -0.1) is 0 Å². The fraction of sp³-hybridized carbons (Fsp3) is 0.231. The molecule has 3 aromatic carbocycles. The SMILES string of the molecule is Cc1cc2nc(-c3ccccc3)c(-c3ccccc3)nc2c2c1C1CCC2C1. The molecule has 0 N–H and O–H groups in total. The second-order valence-electron chi connectivity index (χ2n) is 8.25. The lowest BCUT2D eigenvalue weighted by Crippen LogP contribution is -2.05. The van der Waals surface area contributed by atoms with Crippen LogP contribution in [0.15, 0.2) is 66.7 Å². The molecule has 136 valence electrons. The first-order valence-electron chi connectivity index (χ1n) is 10.3. The van der Waals surface area contributed by atoms with Crippen molar-refractivity contribution in [2.24, 2.45) is 0 Å². The van der Waals surface area contributed by atoms with Crippen LogP contribution in [0, 0.1) is 6.92 Å². The summed E-state index contributed by atoms with van der Waals surface area (Å²) >= 11 is 0. The Kier molecular flexibility index (Phi) is 3.43. The second kappa shape index (κ2) is 6.00. The Labute approximate surface area is 165 Å². The zero-order valence-corrected chi connectivity index (χ0v) is 16.0. The average molecular weight is 362 g/mol. The minimum absolute atomic E-state index is 0.669. The standard InChI is InChI=1S/C26H22N2/c1-16-14-21-26(23-20-13-12-19(15-20)22(16)23)28-25(18-10-6-3-7-11-18)24(27-21)17-8-4-2-5-9-17/h2-11,14,19-20H,12-13,15H2,1H3. The molecule has 1 aromatic heterocycles. The first-order chi connectivity index (χ1) is 13.8. The average Bonchev–Trinajstić information content (AvgIpc) is 3.37. The number of rotatable bonds is 2. The quantitative estimate of drug-likeness (QED) is 0.399. The number of aryl methyl sites for hydroxylation is 1. The van der Waals surface area contributed by atoms with Crippen molar-refractivity contribution in [3.05, 3.63) is 83.4 Å². The molecule has 6 rings (SSSR count). The summed E-state index contributed by atoms with van der Waals surface area (Å²) in [5.41, 5.74) is 10.9. The predicted molar refractivity (Wildman–Crippen MR) is 114 cm³/mol. The normalized spacial score (nSPS) is 19.9. The van der Waals surface area contributed by atoms with Crippen LogP contribution in [0.1, 0.15) is 47.8 Å². The van der Waals surface area contributed by atoms with Gasteiger partial charge in [-0.2, -0.15) is 0 Å². The molecule has 1 heterocycles. The zero-order chi connectivity index (χ0) is 18.7. The summed E-state index contributed by atoms with van der Waals surface area (Å²) < 4.78 is 0. The minimum atomic E-state index is 0.669. The lowest BCUT2D eigenvalue weighted by molar-refractivity contribution is 0.716. The first kappa shape index (κ1) is 16.0. The fourth-order valence-corrected chi connectivity index (χ4v) is 5.43. The Hall–Kier alpha value is -3.00. The first-order valence-corrected chi connectivity index (χ1v) is 10.3. The van der Waals surface area contributed by atoms with Crippen molar-refractivity contribution in [1.29, 1.82) is 0 Å². The van der Waals surface area contributed by atoms with Gasteiger partial charge in [0.2, 0.25) is 0 Å². The highest BCUT2D eigenvalue weighted by molar-refractivity contribution is 5.90. The van der Waals surface area contributed by atoms with E-state index in [1.165, 1.54) is 30.4 Å². The maximum Gasteiger partial charge on any atom is 0.0973 e. The van der Waals surface area contributed by atoms with Gasteiger partial charge in [-0.25, -0.2) is 9.97 Å². The Balaban J connectivity index is 1.70. The van der Waals surface area contributed by atoms with E-state index in [2.05, 4.69) is 67.6 Å². The molecule has 28 heavy (non-hydrogen) atoms. The molecule has 2 aliphatic rings. The number of fused-ring (bicyclic) bond motifs is 7. The van der Waals surface area contributed by atoms with Crippen LogP contribution in [0.2, 0.25) is 0 Å². The van der Waals surface area contributed by atoms with Crippen molar-refractivity contribution >= 4 is 11.0 Å². The predicted octanol–water partition coefficient (Wildman–Crippen LogP) is 6.64. The van der Waals surface area contributed by atoms with Crippen LogP contribution in [-0.2, 0) is 0 Å². The summed E-state index contributed by atoms with van der Waals surface area (Å²) in [5, 5.41) is 0. The molecular formula is C26H22N2. The Morgan fingerprint density at radius 3 is 1.93 bits per heavy atom. The van der Waals surface area contributed by atoms with Gasteiger partial charge in [-0.05, 0) is 60.8 Å². The number of hydrogen-bond donors (Lipinski definition) is 0. The molecule has 1 fully saturated rings. The summed E-state index contributed by atoms with van der Waals surface area (Å²) in [6.07, 6.45) is 3.95. The molecule has 0 saturated heterocycles. The molecular weight excluding hydrogens is 340 g/mol. The van der Waals surface area contributed by atoms with Crippen LogP contribution in [-0.4, -0.2) is 9.97 Å². The monoisotopic (exact) mass is 362 g/mol. The van der Waals surface area contributed by atoms with Crippen LogP contribution in [0.5, 0.6) is 0 Å². The van der Waals surface area contributed by atoms with Gasteiger partial charge in [0.1, 0.15) is 0 Å². The smallest absolute Gasteiger partial charge is 0.0973 e. The van der Waals surface area contributed by atoms with Gasteiger partial charge in [0.25, 0.3) is 0 Å². The molecule has 0 spiro atoms. The van der Waals surface area contributed by atoms with Gasteiger partial charge in [-0.3, -0.25) is 0 Å². The molecule has 0 aliphatic heterocycles. The maximum absolute atomic E-state index is 5.29. The van der Waals surface area contributed by atoms with Gasteiger partial charge < -0.3 is 0 Å². The number of benzene rings is 3. The summed E-state index contributed by atoms with van der Waals surface area (Å²) in [5.74, 6) is 1.41. The minimum Gasteiger partial charge on any atom is -0.244 e. The van der Waals surface area contributed by atoms with E-state index < -0.39 is 0 Å². The Morgan fingerprint density at radius 2 is 1.29 bits per heavy atom. The Morgan fingerprint density at radius 1 is 0.714 bits per heavy atom. The van der Waals surface area contributed by atoms with E-state index in [1.807, 2.05) is 6.07 Å². The van der Waals surface area contributed by atoms with Crippen LogP contribution >= 0.6 is 0 Å². The molecule has 2 aliphatic carbocycles. The van der Waals surface area contributed by atoms with Gasteiger partial charge in [0.05, 0.1) is 22.4 Å². The molecule has 2 heteroatoms. The number of aromatic nitrogens is 2. The lowest BCUT2D eigenvalue weighted by atomic mass is 9.87. The molecule has 0 amide bonds. The largest absolute Gasteiger partial charge is 0.244 e. The van der Waals surface area contributed by atoms with Crippen molar-refractivity contribution in [2.75, 3.05) is 0 Å². The third kappa shape index (κ3) is 2.27. The van der Waals surface area contributed by atoms with Gasteiger partial charge in [-0.1, -0.05) is 60.7 Å². The number of hydrogen-bond acceptors (Lipinski definition) is 2. The maximum atomic E-state index is 5.29. The molecule has 0 radical (unpaired) electrons. The molecule has 2 bridgehead atoms. The third-order valence-corrected chi connectivity index (χ3v) is 6.59. The molecule has 4 aromatic rings. The second-order valence-corrected chi connectivity index (χ2v) is 8.25. The molecule has 2 atom stereocenters. The van der Waals surface area contributed by atoms with E-state index in [4.69, 9.17) is 9.97 Å². The van der Waals surface area contributed by atoms with Gasteiger partial charge in [0, 0.05) is 11.1 Å². The zero-order valence-electron chi connectivity index (χ0n) is 16.0.